The van der Waals surface area contributed by atoms with Crippen LogP contribution in [0.25, 0.3) is 16.9 Å². The molecule has 0 saturated heterocycles. The molecule has 3 aromatic carbocycles. The van der Waals surface area contributed by atoms with E-state index >= 15 is 0 Å². The van der Waals surface area contributed by atoms with Crippen LogP contribution in [0, 0.1) is 18.7 Å². The number of benzene rings is 3. The number of hydrogen-bond donors (Lipinski definition) is 1. The molecule has 8 heteroatoms. The van der Waals surface area contributed by atoms with E-state index in [9.17, 15) is 14.0 Å². The molecule has 5 rings (SSSR count). The molecule has 2 amide bonds. The minimum Gasteiger partial charge on any atom is -0.354 e. The molecule has 1 aromatic heterocycles. The summed E-state index contributed by atoms with van der Waals surface area (Å²) in [5.41, 5.74) is 4.94. The summed E-state index contributed by atoms with van der Waals surface area (Å²) in [7, 11) is 0. The van der Waals surface area contributed by atoms with Crippen LogP contribution in [-0.2, 0) is 9.59 Å². The first-order valence-electron chi connectivity index (χ1n) is 13.0. The summed E-state index contributed by atoms with van der Waals surface area (Å²) in [6, 6.07) is 24.1. The lowest BCUT2D eigenvalue weighted by atomic mass is 9.99. The first-order valence-corrected chi connectivity index (χ1v) is 14.1. The van der Waals surface area contributed by atoms with Crippen LogP contribution >= 0.6 is 11.8 Å². The fraction of sp³-hybridized carbons (Fsp3) is 0.258. The van der Waals surface area contributed by atoms with Crippen LogP contribution in [0.1, 0.15) is 35.8 Å². The summed E-state index contributed by atoms with van der Waals surface area (Å²) in [6.07, 6.45) is 0. The summed E-state index contributed by atoms with van der Waals surface area (Å²) in [4.78, 5) is 28.3. The van der Waals surface area contributed by atoms with Gasteiger partial charge >= 0.3 is 0 Å². The highest BCUT2D eigenvalue weighted by Gasteiger charge is 2.37. The Morgan fingerprint density at radius 1 is 1.08 bits per heavy atom. The summed E-state index contributed by atoms with van der Waals surface area (Å²) in [5.74, 6) is 0.155. The third-order valence-electron chi connectivity index (χ3n) is 6.58. The zero-order valence-corrected chi connectivity index (χ0v) is 23.0. The van der Waals surface area contributed by atoms with Crippen LogP contribution in [0.2, 0.25) is 0 Å². The lowest BCUT2D eigenvalue weighted by molar-refractivity contribution is -0.123. The van der Waals surface area contributed by atoms with Crippen molar-refractivity contribution in [3.8, 4) is 16.9 Å². The van der Waals surface area contributed by atoms with Crippen molar-refractivity contribution in [2.75, 3.05) is 23.7 Å². The molecule has 0 unspecified atom stereocenters. The molecule has 1 atom stereocenters. The predicted molar refractivity (Wildman–Crippen MR) is 155 cm³/mol. The molecular weight excluding hydrogens is 511 g/mol. The topological polar surface area (TPSA) is 67.2 Å². The molecule has 0 fully saturated rings. The summed E-state index contributed by atoms with van der Waals surface area (Å²) in [5, 5.41) is 7.61. The van der Waals surface area contributed by atoms with E-state index < -0.39 is 0 Å². The Bertz CT molecular complexity index is 1480. The number of aryl methyl sites for hydroxylation is 1. The summed E-state index contributed by atoms with van der Waals surface area (Å²) >= 11 is 1.42. The molecule has 39 heavy (non-hydrogen) atoms. The van der Waals surface area contributed by atoms with Gasteiger partial charge in [0.05, 0.1) is 22.4 Å². The molecule has 4 aromatic rings. The monoisotopic (exact) mass is 542 g/mol. The van der Waals surface area contributed by atoms with Crippen molar-refractivity contribution < 1.29 is 14.0 Å². The second kappa shape index (κ2) is 11.5. The Balaban J connectivity index is 1.76. The first kappa shape index (κ1) is 26.7. The number of anilines is 1. The van der Waals surface area contributed by atoms with E-state index in [0.29, 0.717) is 18.1 Å². The van der Waals surface area contributed by atoms with Crippen LogP contribution in [0.15, 0.2) is 78.9 Å². The maximum Gasteiger partial charge on any atom is 0.240 e. The number of carbonyl (C=O) groups is 2. The Kier molecular flexibility index (Phi) is 7.84. The number of rotatable bonds is 7. The second-order valence-corrected chi connectivity index (χ2v) is 11.2. The van der Waals surface area contributed by atoms with Gasteiger partial charge in [0.25, 0.3) is 0 Å². The number of amides is 2. The summed E-state index contributed by atoms with van der Waals surface area (Å²) in [6.45, 7) is 6.43. The molecule has 1 aliphatic rings. The Morgan fingerprint density at radius 2 is 1.82 bits per heavy atom. The van der Waals surface area contributed by atoms with Gasteiger partial charge in [-0.2, -0.15) is 5.10 Å². The second-order valence-electron chi connectivity index (χ2n) is 10.1. The molecule has 0 spiro atoms. The average molecular weight is 543 g/mol. The van der Waals surface area contributed by atoms with Crippen LogP contribution in [0.4, 0.5) is 10.2 Å². The maximum absolute atomic E-state index is 14.4. The van der Waals surface area contributed by atoms with E-state index in [1.165, 1.54) is 28.8 Å². The Labute approximate surface area is 232 Å². The average Bonchev–Trinajstić information content (AvgIpc) is 3.25. The highest BCUT2D eigenvalue weighted by molar-refractivity contribution is 8.00. The van der Waals surface area contributed by atoms with Gasteiger partial charge in [-0.1, -0.05) is 74.0 Å². The predicted octanol–water partition coefficient (Wildman–Crippen LogP) is 5.93. The van der Waals surface area contributed by atoms with Crippen molar-refractivity contribution in [1.82, 2.24) is 15.1 Å². The van der Waals surface area contributed by atoms with Crippen LogP contribution in [0.3, 0.4) is 0 Å². The lowest BCUT2D eigenvalue weighted by Crippen LogP contribution is -2.43. The fourth-order valence-corrected chi connectivity index (χ4v) is 5.83. The molecule has 0 bridgehead atoms. The van der Waals surface area contributed by atoms with E-state index in [0.717, 1.165) is 27.9 Å². The molecule has 6 nitrogen and oxygen atoms in total. The van der Waals surface area contributed by atoms with Crippen molar-refractivity contribution in [3.63, 3.8) is 0 Å². The third-order valence-corrected chi connectivity index (χ3v) is 7.83. The minimum atomic E-state index is -0.377. The molecule has 2 heterocycles. The van der Waals surface area contributed by atoms with Gasteiger partial charge < -0.3 is 5.32 Å². The SMILES string of the molecule is Cc1ccc(-n2nc(-c3ccccc3)c3c2N(CC(=O)NCC(C)C)C(=O)CS[C@H]3c2cccc(F)c2)cc1. The number of nitrogens with one attached hydrogen (secondary N) is 1. The number of nitrogens with zero attached hydrogens (tertiary/aromatic N) is 3. The van der Waals surface area contributed by atoms with Gasteiger partial charge in [0, 0.05) is 17.7 Å². The third kappa shape index (κ3) is 5.76. The number of hydrogen-bond acceptors (Lipinski definition) is 4. The zero-order chi connectivity index (χ0) is 27.5. The Morgan fingerprint density at radius 3 is 2.51 bits per heavy atom. The lowest BCUT2D eigenvalue weighted by Gasteiger charge is -2.23. The van der Waals surface area contributed by atoms with E-state index in [1.54, 1.807) is 10.7 Å². The smallest absolute Gasteiger partial charge is 0.240 e. The molecule has 0 saturated carbocycles. The fourth-order valence-electron chi connectivity index (χ4n) is 4.64. The molecule has 0 aliphatic carbocycles. The number of carbonyl (C=O) groups excluding carboxylic acids is 2. The van der Waals surface area contributed by atoms with Crippen molar-refractivity contribution >= 4 is 29.4 Å². The number of aromatic nitrogens is 2. The first-order chi connectivity index (χ1) is 18.8. The van der Waals surface area contributed by atoms with Gasteiger partial charge in [-0.05, 0) is 42.7 Å². The molecule has 1 aliphatic heterocycles. The molecule has 0 radical (unpaired) electrons. The van der Waals surface area contributed by atoms with Gasteiger partial charge in [0.1, 0.15) is 18.2 Å². The van der Waals surface area contributed by atoms with E-state index in [4.69, 9.17) is 5.10 Å². The van der Waals surface area contributed by atoms with Crippen LogP contribution < -0.4 is 10.2 Å². The van der Waals surface area contributed by atoms with Crippen molar-refractivity contribution in [3.05, 3.63) is 101 Å². The zero-order valence-electron chi connectivity index (χ0n) is 22.2. The van der Waals surface area contributed by atoms with Gasteiger partial charge in [-0.3, -0.25) is 14.5 Å². The molecule has 1 N–H and O–H groups in total. The van der Waals surface area contributed by atoms with Crippen molar-refractivity contribution in [1.29, 1.82) is 0 Å². The standard InChI is InChI=1S/C31H31FN4O2S/c1-20(2)17-33-26(37)18-35-27(38)19-39-30(23-10-7-11-24(32)16-23)28-29(22-8-5-4-6-9-22)34-36(31(28)35)25-14-12-21(3)13-15-25/h4-16,20,30H,17-19H2,1-3H3,(H,33,37)/t30-/m0/s1. The highest BCUT2D eigenvalue weighted by Crippen LogP contribution is 2.48. The van der Waals surface area contributed by atoms with E-state index in [-0.39, 0.29) is 41.1 Å². The van der Waals surface area contributed by atoms with Crippen LogP contribution in [-0.4, -0.2) is 40.4 Å². The number of fused-ring (bicyclic) bond motifs is 1. The number of halogens is 1. The number of thioether (sulfide) groups is 1. The van der Waals surface area contributed by atoms with Gasteiger partial charge in [0.15, 0.2) is 0 Å². The van der Waals surface area contributed by atoms with Gasteiger partial charge in [-0.15, -0.1) is 11.8 Å². The van der Waals surface area contributed by atoms with Crippen molar-refractivity contribution in [2.24, 2.45) is 5.92 Å². The minimum absolute atomic E-state index is 0.134. The van der Waals surface area contributed by atoms with Crippen molar-refractivity contribution in [2.45, 2.75) is 26.0 Å². The highest BCUT2D eigenvalue weighted by atomic mass is 32.2. The van der Waals surface area contributed by atoms with E-state index in [2.05, 4.69) is 5.32 Å². The van der Waals surface area contributed by atoms with Gasteiger partial charge in [0.2, 0.25) is 11.8 Å². The quantitative estimate of drug-likeness (QED) is 0.314. The van der Waals surface area contributed by atoms with E-state index in [1.807, 2.05) is 81.4 Å². The summed E-state index contributed by atoms with van der Waals surface area (Å²) < 4.78 is 16.2. The largest absolute Gasteiger partial charge is 0.354 e. The molecule has 200 valence electrons. The molecular formula is C31H31FN4O2S. The van der Waals surface area contributed by atoms with Crippen LogP contribution in [0.5, 0.6) is 0 Å². The normalized spacial score (nSPS) is 15.3. The Hall–Kier alpha value is -3.91. The van der Waals surface area contributed by atoms with Gasteiger partial charge in [-0.25, -0.2) is 9.07 Å². The maximum atomic E-state index is 14.4.